The molecule has 0 fully saturated rings. The number of hydrogen-bond donors (Lipinski definition) is 2. The van der Waals surface area contributed by atoms with Crippen LogP contribution in [0.1, 0.15) is 58.6 Å². The minimum atomic E-state index is -0.987. The first-order valence-electron chi connectivity index (χ1n) is 12.1. The van der Waals surface area contributed by atoms with Gasteiger partial charge in [0.05, 0.1) is 37.1 Å². The van der Waals surface area contributed by atoms with Crippen LogP contribution in [0.3, 0.4) is 0 Å². The van der Waals surface area contributed by atoms with Gasteiger partial charge in [-0.3, -0.25) is 4.79 Å². The lowest BCUT2D eigenvalue weighted by atomic mass is 10.1. The van der Waals surface area contributed by atoms with Gasteiger partial charge in [-0.1, -0.05) is 42.5 Å². The number of carboxylic acids is 2. The molecule has 0 aliphatic heterocycles. The molecule has 3 aromatic rings. The molecule has 2 aromatic carbocycles. The van der Waals surface area contributed by atoms with E-state index in [1.807, 2.05) is 24.3 Å². The van der Waals surface area contributed by atoms with Crippen LogP contribution >= 0.6 is 0 Å². The van der Waals surface area contributed by atoms with E-state index in [0.717, 1.165) is 36.1 Å². The highest BCUT2D eigenvalue weighted by Gasteiger charge is 2.09. The normalized spacial score (nSPS) is 11.2. The van der Waals surface area contributed by atoms with Crippen LogP contribution in [0.15, 0.2) is 66.7 Å². The van der Waals surface area contributed by atoms with Crippen molar-refractivity contribution in [3.8, 4) is 11.5 Å². The smallest absolute Gasteiger partial charge is 0.335 e. The number of aromatic carboxylic acids is 1. The van der Waals surface area contributed by atoms with Crippen molar-refractivity contribution in [3.63, 3.8) is 0 Å². The number of aryl methyl sites for hydroxylation is 1. The third-order valence-corrected chi connectivity index (χ3v) is 5.56. The number of carboxylic acid groups (broad SMARTS) is 2. The largest absolute Gasteiger partial charge is 0.497 e. The van der Waals surface area contributed by atoms with Crippen molar-refractivity contribution in [2.75, 3.05) is 13.7 Å². The maximum atomic E-state index is 11.2. The molecular weight excluding hydrogens is 470 g/mol. The predicted molar refractivity (Wildman–Crippen MR) is 144 cm³/mol. The van der Waals surface area contributed by atoms with E-state index in [9.17, 15) is 9.59 Å². The molecule has 2 N–H and O–H groups in total. The van der Waals surface area contributed by atoms with Crippen molar-refractivity contribution in [2.24, 2.45) is 0 Å². The van der Waals surface area contributed by atoms with Crippen molar-refractivity contribution in [1.29, 1.82) is 0 Å². The third kappa shape index (κ3) is 9.29. The maximum absolute atomic E-state index is 11.2. The van der Waals surface area contributed by atoms with E-state index in [4.69, 9.17) is 19.7 Å². The van der Waals surface area contributed by atoms with Crippen molar-refractivity contribution in [3.05, 3.63) is 94.8 Å². The molecule has 0 bridgehead atoms. The summed E-state index contributed by atoms with van der Waals surface area (Å²) in [6.45, 7) is 0.509. The van der Waals surface area contributed by atoms with Crippen molar-refractivity contribution in [1.82, 2.24) is 4.98 Å². The first kappa shape index (κ1) is 27.2. The molecule has 1 aromatic heterocycles. The van der Waals surface area contributed by atoms with Crippen LogP contribution in [-0.2, 0) is 11.2 Å². The Morgan fingerprint density at radius 3 is 2.46 bits per heavy atom. The zero-order valence-electron chi connectivity index (χ0n) is 20.8. The van der Waals surface area contributed by atoms with Gasteiger partial charge in [0.15, 0.2) is 0 Å². The number of pyridine rings is 1. The van der Waals surface area contributed by atoms with E-state index in [1.54, 1.807) is 49.6 Å². The average Bonchev–Trinajstić information content (AvgIpc) is 2.91. The van der Waals surface area contributed by atoms with Gasteiger partial charge in [-0.2, -0.15) is 0 Å². The first-order valence-corrected chi connectivity index (χ1v) is 12.1. The van der Waals surface area contributed by atoms with Gasteiger partial charge in [0.25, 0.3) is 0 Å². The predicted octanol–water partition coefficient (Wildman–Crippen LogP) is 6.24. The molecule has 0 unspecified atom stereocenters. The van der Waals surface area contributed by atoms with Gasteiger partial charge in [0.2, 0.25) is 0 Å². The highest BCUT2D eigenvalue weighted by molar-refractivity contribution is 5.88. The van der Waals surface area contributed by atoms with Crippen molar-refractivity contribution >= 4 is 30.2 Å². The van der Waals surface area contributed by atoms with Crippen LogP contribution in [0.5, 0.6) is 11.5 Å². The molecule has 1 heterocycles. The number of rotatable bonds is 14. The van der Waals surface area contributed by atoms with E-state index in [2.05, 4.69) is 17.1 Å². The molecule has 7 heteroatoms. The van der Waals surface area contributed by atoms with Crippen LogP contribution in [0, 0.1) is 0 Å². The Hall–Kier alpha value is -4.39. The van der Waals surface area contributed by atoms with Gasteiger partial charge in [-0.15, -0.1) is 0 Å². The van der Waals surface area contributed by atoms with E-state index in [1.165, 1.54) is 6.07 Å². The van der Waals surface area contributed by atoms with Crippen LogP contribution in [-0.4, -0.2) is 40.9 Å². The molecule has 0 aliphatic rings. The molecule has 0 aliphatic carbocycles. The molecule has 3 rings (SSSR count). The van der Waals surface area contributed by atoms with Gasteiger partial charge < -0.3 is 19.7 Å². The molecule has 0 atom stereocenters. The lowest BCUT2D eigenvalue weighted by molar-refractivity contribution is -0.136. The number of aromatic nitrogens is 1. The van der Waals surface area contributed by atoms with Crippen LogP contribution < -0.4 is 9.47 Å². The number of unbranched alkanes of at least 4 members (excludes halogenated alkanes) is 2. The number of carbonyl (C=O) groups is 2. The highest BCUT2D eigenvalue weighted by Crippen LogP contribution is 2.21. The second kappa shape index (κ2) is 14.2. The first-order chi connectivity index (χ1) is 17.9. The van der Waals surface area contributed by atoms with E-state index in [0.29, 0.717) is 23.7 Å². The summed E-state index contributed by atoms with van der Waals surface area (Å²) in [6.07, 6.45) is 10.7. The second-order valence-electron chi connectivity index (χ2n) is 8.36. The molecule has 0 saturated heterocycles. The second-order valence-corrected chi connectivity index (χ2v) is 8.36. The topological polar surface area (TPSA) is 106 Å². The van der Waals surface area contributed by atoms with Crippen molar-refractivity contribution in [2.45, 2.75) is 32.1 Å². The quantitative estimate of drug-likeness (QED) is 0.252. The Labute approximate surface area is 216 Å². The van der Waals surface area contributed by atoms with Crippen molar-refractivity contribution < 1.29 is 29.3 Å². The summed E-state index contributed by atoms with van der Waals surface area (Å²) in [4.78, 5) is 26.9. The summed E-state index contributed by atoms with van der Waals surface area (Å²) < 4.78 is 11.1. The standard InChI is InChI=1S/C30H31NO6/c1-36-26-15-11-22(12-16-26)7-4-2-3-5-20-37-28-18-14-25(31-27(28)17-19-29(32)33)13-10-23-8-6-9-24(21-23)30(34)35/h4,6-16,18,21H,2-3,5,17,19-20H2,1H3,(H,32,33)(H,34,35)/b7-4+,13-10+. The summed E-state index contributed by atoms with van der Waals surface area (Å²) in [7, 11) is 1.65. The van der Waals surface area contributed by atoms with E-state index in [-0.39, 0.29) is 18.4 Å². The molecule has 0 spiro atoms. The fourth-order valence-corrected chi connectivity index (χ4v) is 3.57. The van der Waals surface area contributed by atoms with Crippen LogP contribution in [0.4, 0.5) is 0 Å². The summed E-state index contributed by atoms with van der Waals surface area (Å²) in [6, 6.07) is 18.1. The minimum Gasteiger partial charge on any atom is -0.497 e. The zero-order valence-corrected chi connectivity index (χ0v) is 20.8. The van der Waals surface area contributed by atoms with Crippen LogP contribution in [0.2, 0.25) is 0 Å². The van der Waals surface area contributed by atoms with Gasteiger partial charge in [-0.05, 0) is 72.9 Å². The number of methoxy groups -OCH3 is 1. The molecule has 0 amide bonds. The van der Waals surface area contributed by atoms with Gasteiger partial charge in [0, 0.05) is 6.42 Å². The number of nitrogens with zero attached hydrogens (tertiary/aromatic N) is 1. The average molecular weight is 502 g/mol. The Kier molecular flexibility index (Phi) is 10.5. The number of benzene rings is 2. The summed E-state index contributed by atoms with van der Waals surface area (Å²) >= 11 is 0. The third-order valence-electron chi connectivity index (χ3n) is 5.56. The Morgan fingerprint density at radius 2 is 1.73 bits per heavy atom. The molecule has 0 saturated carbocycles. The Morgan fingerprint density at radius 1 is 0.919 bits per heavy atom. The lowest BCUT2D eigenvalue weighted by Crippen LogP contribution is -2.05. The monoisotopic (exact) mass is 501 g/mol. The maximum Gasteiger partial charge on any atom is 0.335 e. The van der Waals surface area contributed by atoms with Crippen LogP contribution in [0.25, 0.3) is 18.2 Å². The van der Waals surface area contributed by atoms with Gasteiger partial charge in [0.1, 0.15) is 11.5 Å². The Balaban J connectivity index is 1.55. The molecule has 0 radical (unpaired) electrons. The minimum absolute atomic E-state index is 0.0483. The molecule has 7 nitrogen and oxygen atoms in total. The number of aliphatic carboxylic acids is 1. The van der Waals surface area contributed by atoms with E-state index < -0.39 is 11.9 Å². The number of ether oxygens (including phenoxy) is 2. The Bertz CT molecular complexity index is 1250. The summed E-state index contributed by atoms with van der Waals surface area (Å²) in [5.41, 5.74) is 3.28. The zero-order chi connectivity index (χ0) is 26.5. The number of allylic oxidation sites excluding steroid dienone is 1. The molecule has 37 heavy (non-hydrogen) atoms. The lowest BCUT2D eigenvalue weighted by Gasteiger charge is -2.11. The number of hydrogen-bond acceptors (Lipinski definition) is 5. The molecular formula is C30H31NO6. The summed E-state index contributed by atoms with van der Waals surface area (Å²) in [5, 5.41) is 18.3. The van der Waals surface area contributed by atoms with Gasteiger partial charge in [-0.25, -0.2) is 9.78 Å². The van der Waals surface area contributed by atoms with E-state index >= 15 is 0 Å². The SMILES string of the molecule is COc1ccc(/C=C/CCCCOc2ccc(/C=C/c3cccc(C(=O)O)c3)nc2CCC(=O)O)cc1. The molecule has 192 valence electrons. The fourth-order valence-electron chi connectivity index (χ4n) is 3.57. The fraction of sp³-hybridized carbons (Fsp3) is 0.233. The summed E-state index contributed by atoms with van der Waals surface area (Å²) in [5.74, 6) is -0.469. The highest BCUT2D eigenvalue weighted by atomic mass is 16.5. The van der Waals surface area contributed by atoms with Gasteiger partial charge >= 0.3 is 11.9 Å².